The van der Waals surface area contributed by atoms with Crippen LogP contribution in [0.5, 0.6) is 17.2 Å². The number of nitrogens with zero attached hydrogens (tertiary/aromatic N) is 2. The third kappa shape index (κ3) is 6.29. The van der Waals surface area contributed by atoms with Crippen LogP contribution in [0.1, 0.15) is 61.2 Å². The molecule has 3 aromatic rings. The summed E-state index contributed by atoms with van der Waals surface area (Å²) in [5, 5.41) is 0. The first-order chi connectivity index (χ1) is 21.1. The number of nitrogen functional groups attached to an aromatic ring is 1. The first-order valence-corrected chi connectivity index (χ1v) is 16.2. The van der Waals surface area contributed by atoms with Gasteiger partial charge >= 0.3 is 0 Å². The fourth-order valence-electron chi connectivity index (χ4n) is 5.54. The molecule has 3 fully saturated rings. The van der Waals surface area contributed by atoms with Crippen LogP contribution in [0.3, 0.4) is 0 Å². The summed E-state index contributed by atoms with van der Waals surface area (Å²) in [5.74, 6) is -3.23. The molecular weight excluding hydrogens is 594 g/mol. The number of hydrogen-bond acceptors (Lipinski definition) is 9. The van der Waals surface area contributed by atoms with Crippen LogP contribution in [0.15, 0.2) is 53.6 Å². The number of hydrogen-bond donors (Lipinski definition) is 2. The first kappa shape index (κ1) is 30.1. The second-order valence-corrected chi connectivity index (χ2v) is 13.3. The van der Waals surface area contributed by atoms with Crippen molar-refractivity contribution in [3.05, 3.63) is 71.6 Å². The van der Waals surface area contributed by atoms with Crippen molar-refractivity contribution < 1.29 is 36.2 Å². The van der Waals surface area contributed by atoms with Gasteiger partial charge in [0.15, 0.2) is 11.6 Å². The second-order valence-electron chi connectivity index (χ2n) is 11.6. The van der Waals surface area contributed by atoms with E-state index < -0.39 is 45.0 Å². The Balaban J connectivity index is 1.12. The first-order valence-electron chi connectivity index (χ1n) is 14.7. The Bertz CT molecular complexity index is 1660. The van der Waals surface area contributed by atoms with Gasteiger partial charge in [-0.2, -0.15) is 4.39 Å². The summed E-state index contributed by atoms with van der Waals surface area (Å²) in [6.45, 7) is 5.08. The van der Waals surface area contributed by atoms with Gasteiger partial charge in [0.25, 0.3) is 15.9 Å². The molecule has 1 saturated carbocycles. The number of fused-ring (bicyclic) bond motifs is 2. The highest BCUT2D eigenvalue weighted by molar-refractivity contribution is 7.90. The zero-order valence-electron chi connectivity index (χ0n) is 24.2. The minimum Gasteiger partial charge on any atom is -0.492 e. The fraction of sp³-hybridized carbons (Fsp3) is 0.419. The maximum Gasteiger partial charge on any atom is 0.268 e. The van der Waals surface area contributed by atoms with Crippen molar-refractivity contribution in [2.75, 3.05) is 32.0 Å². The van der Waals surface area contributed by atoms with Gasteiger partial charge in [-0.15, -0.1) is 0 Å². The minimum atomic E-state index is -4.48. The topological polar surface area (TPSA) is 133 Å². The number of amides is 1. The van der Waals surface area contributed by atoms with Crippen molar-refractivity contribution in [1.29, 1.82) is 0 Å². The molecule has 1 amide bonds. The number of nitrogens with two attached hydrogens (primary N) is 1. The molecule has 2 saturated heterocycles. The summed E-state index contributed by atoms with van der Waals surface area (Å²) >= 11 is 0. The molecule has 1 atom stereocenters. The Morgan fingerprint density at radius 3 is 2.48 bits per heavy atom. The normalized spacial score (nSPS) is 21.6. The maximum atomic E-state index is 15.1. The van der Waals surface area contributed by atoms with Crippen LogP contribution in [-0.4, -0.2) is 56.1 Å². The zero-order valence-corrected chi connectivity index (χ0v) is 25.0. The summed E-state index contributed by atoms with van der Waals surface area (Å²) in [6.07, 6.45) is 5.27. The number of nitrogens with one attached hydrogen (secondary N) is 1. The Morgan fingerprint density at radius 1 is 1.11 bits per heavy atom. The lowest BCUT2D eigenvalue weighted by molar-refractivity contribution is 0.0973. The van der Waals surface area contributed by atoms with Gasteiger partial charge in [0.05, 0.1) is 34.6 Å². The quantitative estimate of drug-likeness (QED) is 0.276. The van der Waals surface area contributed by atoms with Gasteiger partial charge in [0, 0.05) is 32.5 Å². The molecule has 0 unspecified atom stereocenters. The van der Waals surface area contributed by atoms with Gasteiger partial charge in [-0.05, 0) is 67.6 Å². The molecule has 3 heterocycles. The summed E-state index contributed by atoms with van der Waals surface area (Å²) in [7, 11) is -4.48. The molecule has 3 N–H and O–H groups in total. The molecule has 2 bridgehead atoms. The fourth-order valence-corrected chi connectivity index (χ4v) is 6.55. The molecule has 2 aliphatic heterocycles. The Labute approximate surface area is 254 Å². The van der Waals surface area contributed by atoms with Crippen molar-refractivity contribution in [1.82, 2.24) is 14.6 Å². The zero-order chi connectivity index (χ0) is 31.1. The third-order valence-electron chi connectivity index (χ3n) is 8.33. The smallest absolute Gasteiger partial charge is 0.268 e. The Hall–Kier alpha value is -3.97. The highest BCUT2D eigenvalue weighted by Crippen LogP contribution is 2.39. The lowest BCUT2D eigenvalue weighted by Crippen LogP contribution is -2.35. The number of benzene rings is 2. The molecule has 1 aromatic heterocycles. The van der Waals surface area contributed by atoms with E-state index in [9.17, 15) is 13.2 Å². The molecule has 234 valence electrons. The van der Waals surface area contributed by atoms with Gasteiger partial charge in [-0.25, -0.2) is 17.5 Å². The molecule has 10 nitrogen and oxygen atoms in total. The van der Waals surface area contributed by atoms with Crippen LogP contribution in [0, 0.1) is 17.6 Å². The van der Waals surface area contributed by atoms with E-state index in [1.54, 1.807) is 30.0 Å². The van der Waals surface area contributed by atoms with Crippen LogP contribution in [0.25, 0.3) is 0 Å². The van der Waals surface area contributed by atoms with E-state index in [1.165, 1.54) is 18.2 Å². The Kier molecular flexibility index (Phi) is 8.10. The molecule has 0 radical (unpaired) electrons. The monoisotopic (exact) mass is 628 g/mol. The van der Waals surface area contributed by atoms with Crippen LogP contribution in [0.2, 0.25) is 0 Å². The molecular formula is C31H34F2N4O6S. The summed E-state index contributed by atoms with van der Waals surface area (Å²) < 4.78 is 75.4. The number of rotatable bonds is 12. The number of pyridine rings is 1. The van der Waals surface area contributed by atoms with E-state index in [0.717, 1.165) is 57.5 Å². The van der Waals surface area contributed by atoms with Crippen molar-refractivity contribution >= 4 is 21.6 Å². The number of piperidine rings is 1. The summed E-state index contributed by atoms with van der Waals surface area (Å²) in [4.78, 5) is 19.1. The van der Waals surface area contributed by atoms with Gasteiger partial charge in [-0.1, -0.05) is 6.92 Å². The van der Waals surface area contributed by atoms with E-state index in [2.05, 4.69) is 9.88 Å². The molecule has 6 rings (SSSR count). The number of anilines is 1. The lowest BCUT2D eigenvalue weighted by atomic mass is 9.99. The van der Waals surface area contributed by atoms with Crippen molar-refractivity contribution in [3.8, 4) is 17.2 Å². The van der Waals surface area contributed by atoms with Crippen LogP contribution in [0.4, 0.5) is 14.5 Å². The highest BCUT2D eigenvalue weighted by atomic mass is 32.2. The van der Waals surface area contributed by atoms with Gasteiger partial charge in [0.2, 0.25) is 5.82 Å². The predicted octanol–water partition coefficient (Wildman–Crippen LogP) is 4.61. The second kappa shape index (κ2) is 11.8. The maximum absolute atomic E-state index is 15.1. The molecule has 0 spiro atoms. The number of carbonyl (C=O) groups is 1. The van der Waals surface area contributed by atoms with Crippen molar-refractivity contribution in [3.63, 3.8) is 0 Å². The SMILES string of the molecule is CC[C@@H](Oc1ccc(C(=O)NS(=O)(=O)c2ccc(OC34CCN(CC3)C4)c(N)c2)c(F)c1F)c1ccc(OCC2CC2)cn1. The molecule has 1 aliphatic carbocycles. The highest BCUT2D eigenvalue weighted by Gasteiger charge is 2.46. The molecule has 3 aliphatic rings. The van der Waals surface area contributed by atoms with E-state index in [1.807, 2.05) is 0 Å². The van der Waals surface area contributed by atoms with Crippen molar-refractivity contribution in [2.24, 2.45) is 5.92 Å². The van der Waals surface area contributed by atoms with Crippen molar-refractivity contribution in [2.45, 2.75) is 55.6 Å². The standard InChI is InChI=1S/C31H34F2N4O6S/c1-2-25(24-8-5-20(16-35-24)41-17-19-3-4-19)42-27-10-7-22(28(32)29(27)33)30(38)36-44(39,40)21-6-9-26(23(34)15-21)43-31-11-13-37(18-31)14-12-31/h5-10,15-16,19,25H,2-4,11-14,17-18,34H2,1H3,(H,36,38)/t25-/m1/s1. The van der Waals surface area contributed by atoms with Crippen LogP contribution in [-0.2, 0) is 10.0 Å². The Morgan fingerprint density at radius 2 is 1.86 bits per heavy atom. The van der Waals surface area contributed by atoms with E-state index in [-0.39, 0.29) is 16.2 Å². The molecule has 2 aromatic carbocycles. The van der Waals surface area contributed by atoms with E-state index >= 15 is 8.78 Å². The van der Waals surface area contributed by atoms with Gasteiger partial charge < -0.3 is 19.9 Å². The van der Waals surface area contributed by atoms with Crippen LogP contribution >= 0.6 is 0 Å². The van der Waals surface area contributed by atoms with Crippen LogP contribution < -0.4 is 24.7 Å². The largest absolute Gasteiger partial charge is 0.492 e. The average molecular weight is 629 g/mol. The number of carbonyl (C=O) groups excluding carboxylic acids is 1. The summed E-state index contributed by atoms with van der Waals surface area (Å²) in [6, 6.07) is 9.33. The summed E-state index contributed by atoms with van der Waals surface area (Å²) in [5.41, 5.74) is 5.52. The van der Waals surface area contributed by atoms with E-state index in [0.29, 0.717) is 36.1 Å². The number of sulfonamides is 1. The average Bonchev–Trinajstić information content (AvgIpc) is 3.64. The molecule has 44 heavy (non-hydrogen) atoms. The minimum absolute atomic E-state index is 0.0826. The number of ether oxygens (including phenoxy) is 3. The van der Waals surface area contributed by atoms with Gasteiger partial charge in [0.1, 0.15) is 23.2 Å². The third-order valence-corrected chi connectivity index (χ3v) is 9.66. The van der Waals surface area contributed by atoms with Gasteiger partial charge in [-0.3, -0.25) is 14.7 Å². The lowest BCUT2D eigenvalue weighted by Gasteiger charge is -2.27. The number of halogens is 2. The number of aromatic nitrogens is 1. The predicted molar refractivity (Wildman–Crippen MR) is 157 cm³/mol. The molecule has 13 heteroatoms. The van der Waals surface area contributed by atoms with E-state index in [4.69, 9.17) is 19.9 Å².